The summed E-state index contributed by atoms with van der Waals surface area (Å²) in [5.41, 5.74) is 2.46. The maximum Gasteiger partial charge on any atom is 0.138 e. The second-order valence-electron chi connectivity index (χ2n) is 5.13. The summed E-state index contributed by atoms with van der Waals surface area (Å²) in [7, 11) is 2.16. The molecule has 6 heteroatoms. The van der Waals surface area contributed by atoms with Crippen LogP contribution in [0.25, 0.3) is 5.57 Å². The van der Waals surface area contributed by atoms with Crippen LogP contribution in [-0.4, -0.2) is 45.4 Å². The molecule has 0 amide bonds. The SMILES string of the molecule is CN1CCC=C(c2nsnc2SCCCCCCCl)C1. The lowest BCUT2D eigenvalue weighted by Crippen LogP contribution is -2.25. The third-order valence-corrected chi connectivity index (χ3v) is 5.33. The number of thioether (sulfide) groups is 1. The van der Waals surface area contributed by atoms with E-state index in [1.165, 1.54) is 36.6 Å². The van der Waals surface area contributed by atoms with Crippen molar-refractivity contribution in [1.82, 2.24) is 13.6 Å². The number of hydrogen-bond acceptors (Lipinski definition) is 5. The maximum absolute atomic E-state index is 5.68. The Morgan fingerprint density at radius 3 is 2.95 bits per heavy atom. The highest BCUT2D eigenvalue weighted by atomic mass is 35.5. The molecule has 0 saturated carbocycles. The van der Waals surface area contributed by atoms with E-state index in [1.807, 2.05) is 11.8 Å². The van der Waals surface area contributed by atoms with E-state index in [2.05, 4.69) is 26.8 Å². The van der Waals surface area contributed by atoms with E-state index in [0.717, 1.165) is 48.3 Å². The van der Waals surface area contributed by atoms with Crippen LogP contribution in [0.2, 0.25) is 0 Å². The van der Waals surface area contributed by atoms with Crippen molar-refractivity contribution in [3.8, 4) is 0 Å². The van der Waals surface area contributed by atoms with Crippen LogP contribution in [0.15, 0.2) is 11.1 Å². The van der Waals surface area contributed by atoms with Crippen molar-refractivity contribution in [3.63, 3.8) is 0 Å². The zero-order valence-corrected chi connectivity index (χ0v) is 14.4. The highest BCUT2D eigenvalue weighted by Gasteiger charge is 2.17. The molecule has 1 aliphatic rings. The molecule has 20 heavy (non-hydrogen) atoms. The Morgan fingerprint density at radius 2 is 2.15 bits per heavy atom. The van der Waals surface area contributed by atoms with Crippen molar-refractivity contribution in [2.45, 2.75) is 37.1 Å². The van der Waals surface area contributed by atoms with Crippen LogP contribution >= 0.6 is 35.1 Å². The number of aromatic nitrogens is 2. The van der Waals surface area contributed by atoms with Gasteiger partial charge in [-0.05, 0) is 37.6 Å². The van der Waals surface area contributed by atoms with Gasteiger partial charge >= 0.3 is 0 Å². The highest BCUT2D eigenvalue weighted by Crippen LogP contribution is 2.29. The van der Waals surface area contributed by atoms with E-state index in [0.29, 0.717) is 0 Å². The van der Waals surface area contributed by atoms with Crippen LogP contribution in [0, 0.1) is 0 Å². The predicted octanol–water partition coefficient (Wildman–Crippen LogP) is 4.15. The molecule has 1 aromatic rings. The monoisotopic (exact) mass is 331 g/mol. The molecule has 1 aliphatic heterocycles. The van der Waals surface area contributed by atoms with Crippen LogP contribution in [-0.2, 0) is 0 Å². The van der Waals surface area contributed by atoms with Gasteiger partial charge in [-0.25, -0.2) is 0 Å². The molecule has 0 atom stereocenters. The van der Waals surface area contributed by atoms with Gasteiger partial charge in [0.05, 0.1) is 11.7 Å². The predicted molar refractivity (Wildman–Crippen MR) is 89.9 cm³/mol. The summed E-state index contributed by atoms with van der Waals surface area (Å²) >= 11 is 8.87. The van der Waals surface area contributed by atoms with E-state index >= 15 is 0 Å². The molecule has 0 fully saturated rings. The molecule has 2 heterocycles. The van der Waals surface area contributed by atoms with Gasteiger partial charge in [-0.15, -0.1) is 23.4 Å². The number of alkyl halides is 1. The molecule has 0 radical (unpaired) electrons. The summed E-state index contributed by atoms with van der Waals surface area (Å²) in [5, 5.41) is 1.12. The molecule has 3 nitrogen and oxygen atoms in total. The molecule has 0 aromatic carbocycles. The van der Waals surface area contributed by atoms with Gasteiger partial charge in [0.25, 0.3) is 0 Å². The van der Waals surface area contributed by atoms with Gasteiger partial charge < -0.3 is 4.90 Å². The van der Waals surface area contributed by atoms with Crippen molar-refractivity contribution in [2.24, 2.45) is 0 Å². The van der Waals surface area contributed by atoms with Crippen LogP contribution in [0.3, 0.4) is 0 Å². The standard InChI is InChI=1S/C14H22ClN3S2/c1-18-9-6-7-12(11-18)13-14(17-20-16-13)19-10-5-3-2-4-8-15/h7H,2-6,8-11H2,1H3. The first-order chi connectivity index (χ1) is 9.81. The Kier molecular flexibility index (Phi) is 7.35. The number of halogens is 1. The summed E-state index contributed by atoms with van der Waals surface area (Å²) in [6, 6.07) is 0. The van der Waals surface area contributed by atoms with Crippen molar-refractivity contribution in [2.75, 3.05) is 31.8 Å². The summed E-state index contributed by atoms with van der Waals surface area (Å²) in [6.07, 6.45) is 8.31. The minimum absolute atomic E-state index is 0.787. The summed E-state index contributed by atoms with van der Waals surface area (Å²) < 4.78 is 8.96. The topological polar surface area (TPSA) is 29.0 Å². The number of likely N-dealkylation sites (N-methyl/N-ethyl adjacent to an activating group) is 1. The average molecular weight is 332 g/mol. The second kappa shape index (κ2) is 9.03. The molecule has 0 bridgehead atoms. The molecule has 0 unspecified atom stereocenters. The van der Waals surface area contributed by atoms with E-state index in [9.17, 15) is 0 Å². The minimum atomic E-state index is 0.787. The van der Waals surface area contributed by atoms with Crippen LogP contribution < -0.4 is 0 Å². The fourth-order valence-electron chi connectivity index (χ4n) is 2.26. The first kappa shape index (κ1) is 16.3. The number of rotatable bonds is 8. The summed E-state index contributed by atoms with van der Waals surface area (Å²) in [5.74, 6) is 1.92. The molecule has 0 N–H and O–H groups in total. The fraction of sp³-hybridized carbons (Fsp3) is 0.714. The smallest absolute Gasteiger partial charge is 0.138 e. The van der Waals surface area contributed by atoms with E-state index in [-0.39, 0.29) is 0 Å². The van der Waals surface area contributed by atoms with E-state index in [4.69, 9.17) is 11.6 Å². The molecule has 2 rings (SSSR count). The zero-order valence-electron chi connectivity index (χ0n) is 12.0. The Balaban J connectivity index is 1.81. The van der Waals surface area contributed by atoms with Crippen molar-refractivity contribution in [1.29, 1.82) is 0 Å². The summed E-state index contributed by atoms with van der Waals surface area (Å²) in [6.45, 7) is 2.14. The minimum Gasteiger partial charge on any atom is -0.302 e. The second-order valence-corrected chi connectivity index (χ2v) is 7.12. The Morgan fingerprint density at radius 1 is 1.30 bits per heavy atom. The molecule has 0 saturated heterocycles. The average Bonchev–Trinajstić information content (AvgIpc) is 2.91. The first-order valence-electron chi connectivity index (χ1n) is 7.20. The van der Waals surface area contributed by atoms with Crippen LogP contribution in [0.5, 0.6) is 0 Å². The Hall–Kier alpha value is -0.100. The zero-order chi connectivity index (χ0) is 14.2. The number of unbranched alkanes of at least 4 members (excludes halogenated alkanes) is 3. The van der Waals surface area contributed by atoms with Gasteiger partial charge in [0.2, 0.25) is 0 Å². The lowest BCUT2D eigenvalue weighted by molar-refractivity contribution is 0.372. The summed E-state index contributed by atoms with van der Waals surface area (Å²) in [4.78, 5) is 2.34. The largest absolute Gasteiger partial charge is 0.302 e. The first-order valence-corrected chi connectivity index (χ1v) is 9.45. The lowest BCUT2D eigenvalue weighted by atomic mass is 10.1. The fourth-order valence-corrected chi connectivity index (χ4v) is 4.16. The Bertz CT molecular complexity index is 434. The lowest BCUT2D eigenvalue weighted by Gasteiger charge is -2.22. The molecular weight excluding hydrogens is 310 g/mol. The molecular formula is C14H22ClN3S2. The van der Waals surface area contributed by atoms with E-state index < -0.39 is 0 Å². The number of nitrogens with zero attached hydrogens (tertiary/aromatic N) is 3. The highest BCUT2D eigenvalue weighted by molar-refractivity contribution is 7.99. The number of hydrogen-bond donors (Lipinski definition) is 0. The molecule has 0 aliphatic carbocycles. The normalized spacial score (nSPS) is 16.4. The Labute approximate surface area is 135 Å². The molecule has 0 spiro atoms. The van der Waals surface area contributed by atoms with Crippen LogP contribution in [0.4, 0.5) is 0 Å². The van der Waals surface area contributed by atoms with Gasteiger partial charge in [0, 0.05) is 19.0 Å². The quantitative estimate of drug-likeness (QED) is 0.406. The van der Waals surface area contributed by atoms with Gasteiger partial charge in [-0.3, -0.25) is 0 Å². The van der Waals surface area contributed by atoms with Crippen LogP contribution in [0.1, 0.15) is 37.8 Å². The third kappa shape index (κ3) is 5.02. The van der Waals surface area contributed by atoms with Gasteiger partial charge in [0.1, 0.15) is 10.7 Å². The van der Waals surface area contributed by atoms with Crippen molar-refractivity contribution in [3.05, 3.63) is 11.8 Å². The van der Waals surface area contributed by atoms with Crippen molar-refractivity contribution >= 4 is 40.7 Å². The van der Waals surface area contributed by atoms with E-state index in [1.54, 1.807) is 0 Å². The van der Waals surface area contributed by atoms with Gasteiger partial charge in [-0.2, -0.15) is 8.75 Å². The maximum atomic E-state index is 5.68. The van der Waals surface area contributed by atoms with Gasteiger partial charge in [0.15, 0.2) is 0 Å². The van der Waals surface area contributed by atoms with Gasteiger partial charge in [-0.1, -0.05) is 18.9 Å². The van der Waals surface area contributed by atoms with Crippen molar-refractivity contribution < 1.29 is 0 Å². The third-order valence-electron chi connectivity index (χ3n) is 3.37. The molecule has 1 aromatic heterocycles. The molecule has 112 valence electrons.